The van der Waals surface area contributed by atoms with E-state index in [1.807, 2.05) is 25.1 Å². The molecule has 3 aliphatic rings. The minimum atomic E-state index is -2.89. The molecule has 226 valence electrons. The monoisotopic (exact) mass is 600 g/mol. The Labute approximate surface area is 251 Å². The lowest BCUT2D eigenvalue weighted by Crippen LogP contribution is -2.41. The van der Waals surface area contributed by atoms with Gasteiger partial charge in [0.05, 0.1) is 17.0 Å². The number of likely N-dealkylation sites (tertiary alicyclic amines) is 1. The van der Waals surface area contributed by atoms with Gasteiger partial charge in [-0.25, -0.2) is 13.9 Å². The number of amides is 1. The summed E-state index contributed by atoms with van der Waals surface area (Å²) in [7, 11) is 0. The van der Waals surface area contributed by atoms with E-state index in [4.69, 9.17) is 15.8 Å². The lowest BCUT2D eigenvalue weighted by atomic mass is 10.1. The molecule has 3 atom stereocenters. The molecule has 5 heterocycles. The highest BCUT2D eigenvalue weighted by Crippen LogP contribution is 2.39. The van der Waals surface area contributed by atoms with Gasteiger partial charge < -0.3 is 19.9 Å². The third kappa shape index (κ3) is 4.44. The van der Waals surface area contributed by atoms with Crippen molar-refractivity contribution in [3.8, 4) is 28.4 Å². The summed E-state index contributed by atoms with van der Waals surface area (Å²) in [6.07, 6.45) is 5.78. The predicted octanol–water partition coefficient (Wildman–Crippen LogP) is 6.04. The van der Waals surface area contributed by atoms with Crippen LogP contribution >= 0.6 is 0 Å². The van der Waals surface area contributed by atoms with Gasteiger partial charge in [0, 0.05) is 47.9 Å². The standard InChI is InChI=1S/C33H31F3N6O2/c1-17-29(39-42-16-22(12-24(34)30(17)42)32(43)41-15-21-7-11-26(41)28(21)37)27-13-20-6-10-25(38-31(20)40(27)14-18-2-3-18)19-4-8-23(9-5-19)44-33(35)36/h4-6,8-10,12-13,16,18,21,26,28,33H,2-3,7,11,14-15,37H2,1H3/t21?,26?,28-/m1/s1. The number of fused-ring (bicyclic) bond motifs is 4. The number of nitrogens with two attached hydrogens (primary N) is 1. The Kier molecular flexibility index (Phi) is 6.23. The number of pyridine rings is 2. The largest absolute Gasteiger partial charge is 0.435 e. The number of halogens is 3. The fraction of sp³-hybridized carbons (Fsp3) is 0.364. The van der Waals surface area contributed by atoms with Crippen molar-refractivity contribution in [2.45, 2.75) is 57.8 Å². The Bertz CT molecular complexity index is 1930. The number of ether oxygens (including phenoxy) is 1. The van der Waals surface area contributed by atoms with Crippen LogP contribution in [0.2, 0.25) is 0 Å². The number of aromatic nitrogens is 4. The number of aryl methyl sites for hydroxylation is 1. The second-order valence-electron chi connectivity index (χ2n) is 12.4. The molecule has 2 unspecified atom stereocenters. The summed E-state index contributed by atoms with van der Waals surface area (Å²) in [6.45, 7) is 0.315. The number of rotatable bonds is 7. The molecule has 2 bridgehead atoms. The van der Waals surface area contributed by atoms with Crippen LogP contribution in [0.4, 0.5) is 13.2 Å². The average Bonchev–Trinajstić information content (AvgIpc) is 3.40. The van der Waals surface area contributed by atoms with E-state index in [-0.39, 0.29) is 29.3 Å². The molecule has 5 aromatic rings. The van der Waals surface area contributed by atoms with Crippen molar-refractivity contribution in [1.82, 2.24) is 24.1 Å². The molecule has 8 rings (SSSR count). The maximum absolute atomic E-state index is 15.7. The Balaban J connectivity index is 1.19. The van der Waals surface area contributed by atoms with Crippen molar-refractivity contribution < 1.29 is 22.7 Å². The summed E-state index contributed by atoms with van der Waals surface area (Å²) in [6, 6.07) is 13.6. The molecule has 11 heteroatoms. The fourth-order valence-electron chi connectivity index (χ4n) is 7.12. The first kappa shape index (κ1) is 27.2. The maximum atomic E-state index is 15.7. The van der Waals surface area contributed by atoms with E-state index in [2.05, 4.69) is 9.30 Å². The molecule has 4 aromatic heterocycles. The zero-order valence-corrected chi connectivity index (χ0v) is 24.1. The SMILES string of the molecule is Cc1c(-c2cc3ccc(-c4ccc(OC(F)F)cc4)nc3n2CC2CC2)nn2cc(C(=O)N3CC4CCC3[C@@H]4N)cc(F)c12. The Morgan fingerprint density at radius 3 is 2.57 bits per heavy atom. The van der Waals surface area contributed by atoms with Crippen molar-refractivity contribution in [2.24, 2.45) is 17.6 Å². The van der Waals surface area contributed by atoms with Gasteiger partial charge in [0.2, 0.25) is 0 Å². The lowest BCUT2D eigenvalue weighted by molar-refractivity contribution is -0.0498. The van der Waals surface area contributed by atoms with Crippen LogP contribution in [-0.2, 0) is 6.54 Å². The smallest absolute Gasteiger partial charge is 0.387 e. The van der Waals surface area contributed by atoms with Crippen molar-refractivity contribution in [3.63, 3.8) is 0 Å². The van der Waals surface area contributed by atoms with Crippen molar-refractivity contribution in [1.29, 1.82) is 0 Å². The molecule has 0 spiro atoms. The molecule has 44 heavy (non-hydrogen) atoms. The number of nitrogens with zero attached hydrogens (tertiary/aromatic N) is 5. The Hall–Kier alpha value is -4.38. The van der Waals surface area contributed by atoms with Gasteiger partial charge in [-0.15, -0.1) is 0 Å². The first-order valence-corrected chi connectivity index (χ1v) is 15.1. The van der Waals surface area contributed by atoms with Crippen LogP contribution in [-0.4, -0.2) is 55.2 Å². The van der Waals surface area contributed by atoms with Crippen LogP contribution in [0.1, 0.15) is 41.6 Å². The van der Waals surface area contributed by atoms with Gasteiger partial charge in [-0.05, 0) is 93.0 Å². The van der Waals surface area contributed by atoms with Gasteiger partial charge in [-0.1, -0.05) is 0 Å². The van der Waals surface area contributed by atoms with Crippen LogP contribution in [0.3, 0.4) is 0 Å². The topological polar surface area (TPSA) is 90.7 Å². The molecule has 0 radical (unpaired) electrons. The summed E-state index contributed by atoms with van der Waals surface area (Å²) in [5.74, 6) is 0.195. The Morgan fingerprint density at radius 1 is 1.09 bits per heavy atom. The number of carbonyl (C=O) groups is 1. The molecule has 1 saturated heterocycles. The lowest BCUT2D eigenvalue weighted by Gasteiger charge is -2.27. The number of piperidine rings is 1. The molecule has 2 aliphatic carbocycles. The van der Waals surface area contributed by atoms with Crippen LogP contribution in [0.5, 0.6) is 5.75 Å². The number of hydrogen-bond acceptors (Lipinski definition) is 5. The average molecular weight is 601 g/mol. The highest BCUT2D eigenvalue weighted by Gasteiger charge is 2.47. The van der Waals surface area contributed by atoms with Crippen LogP contribution in [0.25, 0.3) is 39.2 Å². The van der Waals surface area contributed by atoms with E-state index >= 15 is 4.39 Å². The number of hydrogen-bond donors (Lipinski definition) is 1. The third-order valence-corrected chi connectivity index (χ3v) is 9.58. The third-order valence-electron chi connectivity index (χ3n) is 9.58. The molecular weight excluding hydrogens is 569 g/mol. The van der Waals surface area contributed by atoms with E-state index in [1.54, 1.807) is 23.2 Å². The molecule has 8 nitrogen and oxygen atoms in total. The molecule has 1 amide bonds. The van der Waals surface area contributed by atoms with Crippen LogP contribution < -0.4 is 10.5 Å². The zero-order valence-electron chi connectivity index (χ0n) is 24.1. The summed E-state index contributed by atoms with van der Waals surface area (Å²) in [5, 5.41) is 5.74. The maximum Gasteiger partial charge on any atom is 0.387 e. The quantitative estimate of drug-likeness (QED) is 0.246. The van der Waals surface area contributed by atoms with E-state index in [9.17, 15) is 13.6 Å². The molecule has 2 N–H and O–H groups in total. The first-order chi connectivity index (χ1) is 21.2. The van der Waals surface area contributed by atoms with Gasteiger partial charge in [0.1, 0.15) is 28.4 Å². The van der Waals surface area contributed by atoms with Crippen molar-refractivity contribution in [2.75, 3.05) is 6.54 Å². The van der Waals surface area contributed by atoms with Gasteiger partial charge >= 0.3 is 6.61 Å². The van der Waals surface area contributed by atoms with Crippen molar-refractivity contribution >= 4 is 22.5 Å². The van der Waals surface area contributed by atoms with Gasteiger partial charge in [0.25, 0.3) is 5.91 Å². The van der Waals surface area contributed by atoms with E-state index < -0.39 is 12.4 Å². The fourth-order valence-corrected chi connectivity index (χ4v) is 7.12. The van der Waals surface area contributed by atoms with E-state index in [1.165, 1.54) is 22.7 Å². The minimum absolute atomic E-state index is 0.000563. The van der Waals surface area contributed by atoms with E-state index in [0.717, 1.165) is 54.5 Å². The molecule has 1 aromatic carbocycles. The minimum Gasteiger partial charge on any atom is -0.435 e. The first-order valence-electron chi connectivity index (χ1n) is 15.1. The summed E-state index contributed by atoms with van der Waals surface area (Å²) in [5.41, 5.74) is 11.3. The predicted molar refractivity (Wildman–Crippen MR) is 159 cm³/mol. The van der Waals surface area contributed by atoms with E-state index in [0.29, 0.717) is 40.8 Å². The summed E-state index contributed by atoms with van der Waals surface area (Å²) >= 11 is 0. The molecular formula is C33H31F3N6O2. The number of benzene rings is 1. The summed E-state index contributed by atoms with van der Waals surface area (Å²) in [4.78, 5) is 20.2. The van der Waals surface area contributed by atoms with Gasteiger partial charge in [0.15, 0.2) is 0 Å². The second kappa shape index (κ2) is 10.1. The normalized spacial score (nSPS) is 21.3. The molecule has 1 aliphatic heterocycles. The zero-order chi connectivity index (χ0) is 30.3. The highest BCUT2D eigenvalue weighted by atomic mass is 19.3. The highest BCUT2D eigenvalue weighted by molar-refractivity contribution is 5.95. The molecule has 2 saturated carbocycles. The van der Waals surface area contributed by atoms with Crippen molar-refractivity contribution in [3.05, 3.63) is 71.7 Å². The number of alkyl halides is 2. The van der Waals surface area contributed by atoms with Gasteiger partial charge in [-0.2, -0.15) is 13.9 Å². The summed E-state index contributed by atoms with van der Waals surface area (Å²) < 4.78 is 49.0. The number of carbonyl (C=O) groups excluding carboxylic acids is 1. The molecule has 3 fully saturated rings. The van der Waals surface area contributed by atoms with Crippen LogP contribution in [0, 0.1) is 24.6 Å². The second-order valence-corrected chi connectivity index (χ2v) is 12.4. The van der Waals surface area contributed by atoms with Gasteiger partial charge in [-0.3, -0.25) is 4.79 Å². The van der Waals surface area contributed by atoms with Crippen LogP contribution in [0.15, 0.2) is 54.7 Å². The Morgan fingerprint density at radius 2 is 1.89 bits per heavy atom.